The number of halogens is 1. The number of benzene rings is 2. The van der Waals surface area contributed by atoms with Gasteiger partial charge in [-0.25, -0.2) is 14.4 Å². The maximum absolute atomic E-state index is 12.1. The van der Waals surface area contributed by atoms with E-state index in [1.807, 2.05) is 80.1 Å². The lowest BCUT2D eigenvalue weighted by atomic mass is 10.1. The number of anilines is 4. The first-order chi connectivity index (χ1) is 28.4. The number of amides is 5. The molecule has 0 aliphatic heterocycles. The van der Waals surface area contributed by atoms with E-state index in [9.17, 15) is 19.2 Å². The van der Waals surface area contributed by atoms with Gasteiger partial charge in [0.15, 0.2) is 0 Å². The zero-order valence-corrected chi connectivity index (χ0v) is 40.2. The Morgan fingerprint density at radius 3 is 1.40 bits per heavy atom. The lowest BCUT2D eigenvalue weighted by Gasteiger charge is -2.21. The van der Waals surface area contributed by atoms with Crippen LogP contribution >= 0.6 is 34.3 Å². The molecular weight excluding hydrogens is 822 g/mol. The molecule has 0 aliphatic carbocycles. The first kappa shape index (κ1) is 53.2. The topological polar surface area (TPSA) is 159 Å². The van der Waals surface area contributed by atoms with Gasteiger partial charge < -0.3 is 35.2 Å². The fraction of sp³-hybridized carbons (Fsp3) is 0.455. The largest absolute Gasteiger partial charge is 0.444 e. The van der Waals surface area contributed by atoms with E-state index in [-0.39, 0.29) is 6.03 Å². The Balaban J connectivity index is 0.000000883. The van der Waals surface area contributed by atoms with Crippen LogP contribution in [0.3, 0.4) is 0 Å². The second kappa shape index (κ2) is 27.8. The van der Waals surface area contributed by atoms with E-state index < -0.39 is 28.8 Å². The minimum atomic E-state index is -0.603. The monoisotopic (exact) mass is 890 g/mol. The van der Waals surface area contributed by atoms with Crippen molar-refractivity contribution < 1.29 is 30.0 Å². The number of thiophene rings is 2. The first-order valence-electron chi connectivity index (χ1n) is 20.1. The summed E-state index contributed by atoms with van der Waals surface area (Å²) in [7, 11) is 6.49. The number of urea groups is 1. The standard InChI is InChI=1S/C18H23N3O3S.C15H18N2O2S.C6H15N.C3H6ClNO.C2H6/c1-18(2,3)24-17(23)20-13-9-8-12(15-7-6-10-25-15)11-14(13)19-16(22)21(4)5;1-15(2,3)19-14(18)17-12-7-6-10(9-11(12)16)13-5-4-8-20-13;1-4-7(5-2)6-3;1-5(2)3(4)6;1-2/h6-11H,1-5H3,(H,19,22)(H,20,23);4-9H,16H2,1-3H3,(H,17,18);4-6H2,1-3H3;1-2H3;1-2H3/i;;;;1D. The van der Waals surface area contributed by atoms with Crippen LogP contribution in [0, 0.1) is 0 Å². The van der Waals surface area contributed by atoms with E-state index in [0.29, 0.717) is 29.6 Å². The number of carbonyl (C=O) groups is 4. The Kier molecular flexibility index (Phi) is 24.7. The van der Waals surface area contributed by atoms with Gasteiger partial charge in [0, 0.05) is 39.3 Å². The van der Waals surface area contributed by atoms with Crippen molar-refractivity contribution in [3.63, 3.8) is 0 Å². The normalized spacial score (nSPS) is 10.6. The van der Waals surface area contributed by atoms with E-state index in [0.717, 1.165) is 20.9 Å². The van der Waals surface area contributed by atoms with Crippen LogP contribution in [0.5, 0.6) is 0 Å². The third kappa shape index (κ3) is 23.1. The number of nitrogen functional groups attached to an aromatic ring is 1. The molecule has 2 aromatic heterocycles. The molecular formula is C44H68ClN7O6S2. The van der Waals surface area contributed by atoms with Crippen molar-refractivity contribution in [3.05, 3.63) is 71.4 Å². The fourth-order valence-electron chi connectivity index (χ4n) is 4.35. The highest BCUT2D eigenvalue weighted by molar-refractivity contribution is 7.13. The number of rotatable bonds is 8. The molecule has 5 amide bonds. The summed E-state index contributed by atoms with van der Waals surface area (Å²) in [5.41, 5.74) is 8.89. The molecule has 4 rings (SSSR count). The molecule has 334 valence electrons. The van der Waals surface area contributed by atoms with E-state index in [1.165, 1.54) is 29.4 Å². The Hall–Kier alpha value is -4.83. The minimum absolute atomic E-state index is 0.282. The second-order valence-corrected chi connectivity index (χ2v) is 17.1. The number of hydrogen-bond acceptors (Lipinski definition) is 10. The molecule has 0 unspecified atom stereocenters. The number of nitrogens with one attached hydrogen (secondary N) is 3. The lowest BCUT2D eigenvalue weighted by Crippen LogP contribution is -2.29. The van der Waals surface area contributed by atoms with Gasteiger partial charge in [-0.3, -0.25) is 15.4 Å². The average molecular weight is 892 g/mol. The van der Waals surface area contributed by atoms with Crippen LogP contribution in [0.25, 0.3) is 20.9 Å². The number of hydrogen-bond donors (Lipinski definition) is 4. The quantitative estimate of drug-likeness (QED) is 0.0773. The van der Waals surface area contributed by atoms with Crippen LogP contribution in [0.4, 0.5) is 41.9 Å². The van der Waals surface area contributed by atoms with Crippen LogP contribution in [-0.2, 0) is 9.47 Å². The summed E-state index contributed by atoms with van der Waals surface area (Å²) >= 11 is 8.15. The van der Waals surface area contributed by atoms with E-state index in [1.54, 1.807) is 90.7 Å². The molecule has 0 spiro atoms. The first-order valence-corrected chi connectivity index (χ1v) is 21.5. The Morgan fingerprint density at radius 2 is 1.08 bits per heavy atom. The van der Waals surface area contributed by atoms with E-state index in [2.05, 4.69) is 41.6 Å². The SMILES string of the molecule is CC(C)(C)OC(=O)Nc1ccc(-c2cccs2)cc1N.CCN(CC)CC.CN(C)C(=O)Cl.CN(C)C(=O)Nc1cc(-c2cccs2)ccc1NC(=O)OC(C)(C)C.[2H]CC. The van der Waals surface area contributed by atoms with Crippen LogP contribution in [0.1, 0.15) is 77.5 Å². The predicted molar refractivity (Wildman–Crippen MR) is 256 cm³/mol. The lowest BCUT2D eigenvalue weighted by molar-refractivity contribution is 0.0624. The molecule has 16 heteroatoms. The molecule has 0 atom stereocenters. The summed E-state index contributed by atoms with van der Waals surface area (Å²) in [6.07, 6.45) is -1.08. The van der Waals surface area contributed by atoms with Crippen LogP contribution in [-0.4, -0.2) is 97.3 Å². The van der Waals surface area contributed by atoms with Gasteiger partial charge in [0.25, 0.3) is 0 Å². The molecule has 4 aromatic rings. The molecule has 5 N–H and O–H groups in total. The average Bonchev–Trinajstić information content (AvgIpc) is 3.90. The van der Waals surface area contributed by atoms with Crippen LogP contribution < -0.4 is 21.7 Å². The smallest absolute Gasteiger partial charge is 0.412 e. The molecule has 13 nitrogen and oxygen atoms in total. The van der Waals surface area contributed by atoms with E-state index >= 15 is 0 Å². The maximum atomic E-state index is 12.1. The van der Waals surface area contributed by atoms with E-state index in [4.69, 9.17) is 28.2 Å². The van der Waals surface area contributed by atoms with Crippen molar-refractivity contribution in [2.45, 2.75) is 87.3 Å². The predicted octanol–water partition coefficient (Wildman–Crippen LogP) is 12.5. The third-order valence-electron chi connectivity index (χ3n) is 7.29. The summed E-state index contributed by atoms with van der Waals surface area (Å²) in [5, 5.41) is 11.7. The number of nitrogens with two attached hydrogens (primary N) is 1. The van der Waals surface area contributed by atoms with Gasteiger partial charge in [-0.05, 0) is 131 Å². The highest BCUT2D eigenvalue weighted by Crippen LogP contribution is 2.33. The van der Waals surface area contributed by atoms with Crippen LogP contribution in [0.2, 0.25) is 0 Å². The minimum Gasteiger partial charge on any atom is -0.444 e. The van der Waals surface area contributed by atoms with Crippen molar-refractivity contribution in [2.75, 3.05) is 69.5 Å². The summed E-state index contributed by atoms with van der Waals surface area (Å²) < 4.78 is 16.7. The zero-order valence-electron chi connectivity index (χ0n) is 38.8. The van der Waals surface area contributed by atoms with Gasteiger partial charge in [0.1, 0.15) is 11.2 Å². The van der Waals surface area contributed by atoms with Gasteiger partial charge >= 0.3 is 23.6 Å². The van der Waals surface area contributed by atoms with Gasteiger partial charge in [0.2, 0.25) is 0 Å². The third-order valence-corrected chi connectivity index (χ3v) is 9.47. The molecule has 0 fully saturated rings. The second-order valence-electron chi connectivity index (χ2n) is 14.9. The summed E-state index contributed by atoms with van der Waals surface area (Å²) in [5.74, 6) is 0. The van der Waals surface area contributed by atoms with Crippen molar-refractivity contribution in [2.24, 2.45) is 0 Å². The Morgan fingerprint density at radius 1 is 0.683 bits per heavy atom. The summed E-state index contributed by atoms with van der Waals surface area (Å²) in [4.78, 5) is 53.0. The molecule has 2 heterocycles. The van der Waals surface area contributed by atoms with Gasteiger partial charge in [-0.2, -0.15) is 0 Å². The highest BCUT2D eigenvalue weighted by atomic mass is 35.5. The molecule has 0 bridgehead atoms. The number of nitrogens with zero attached hydrogens (tertiary/aromatic N) is 3. The molecule has 0 saturated heterocycles. The van der Waals surface area contributed by atoms with Gasteiger partial charge in [0.05, 0.1) is 22.7 Å². The van der Waals surface area contributed by atoms with Crippen molar-refractivity contribution in [1.82, 2.24) is 14.7 Å². The fourth-order valence-corrected chi connectivity index (χ4v) is 5.80. The van der Waals surface area contributed by atoms with Gasteiger partial charge in [-0.1, -0.05) is 58.9 Å². The van der Waals surface area contributed by atoms with Crippen molar-refractivity contribution >= 4 is 80.6 Å². The molecule has 2 aromatic carbocycles. The molecule has 0 radical (unpaired) electrons. The molecule has 0 saturated carbocycles. The van der Waals surface area contributed by atoms with Crippen molar-refractivity contribution in [3.8, 4) is 20.9 Å². The molecule has 60 heavy (non-hydrogen) atoms. The van der Waals surface area contributed by atoms with Crippen molar-refractivity contribution in [1.29, 1.82) is 0 Å². The number of ether oxygens (including phenoxy) is 2. The highest BCUT2D eigenvalue weighted by Gasteiger charge is 2.19. The van der Waals surface area contributed by atoms with Gasteiger partial charge in [-0.15, -0.1) is 22.7 Å². The zero-order chi connectivity index (χ0) is 46.9. The Bertz CT molecular complexity index is 1870. The molecule has 0 aliphatic rings. The summed E-state index contributed by atoms with van der Waals surface area (Å²) in [6, 6.07) is 18.7. The number of carbonyl (C=O) groups excluding carboxylic acids is 4. The maximum Gasteiger partial charge on any atom is 0.412 e. The summed E-state index contributed by atoms with van der Waals surface area (Å²) in [6.45, 7) is 23.2. The Labute approximate surface area is 373 Å². The van der Waals surface area contributed by atoms with Crippen LogP contribution in [0.15, 0.2) is 71.4 Å².